The fourth-order valence-electron chi connectivity index (χ4n) is 3.37. The van der Waals surface area contributed by atoms with E-state index in [0.717, 1.165) is 11.3 Å². The van der Waals surface area contributed by atoms with Crippen molar-refractivity contribution in [3.05, 3.63) is 58.6 Å². The molecular weight excluding hydrogens is 345 g/mol. The second-order valence-electron chi connectivity index (χ2n) is 7.04. The number of halogens is 1. The highest BCUT2D eigenvalue weighted by Gasteiger charge is 2.32. The van der Waals surface area contributed by atoms with Gasteiger partial charge in [-0.05, 0) is 57.9 Å². The number of amides is 1. The summed E-state index contributed by atoms with van der Waals surface area (Å²) in [7, 11) is 0. The molecule has 2 aromatic rings. The van der Waals surface area contributed by atoms with Crippen LogP contribution in [-0.2, 0) is 6.54 Å². The number of hydrogen-bond donors (Lipinski definition) is 0. The van der Waals surface area contributed by atoms with E-state index >= 15 is 0 Å². The molecule has 1 atom stereocenters. The van der Waals surface area contributed by atoms with Gasteiger partial charge in [-0.25, -0.2) is 4.39 Å². The van der Waals surface area contributed by atoms with Gasteiger partial charge in [-0.15, -0.1) is 10.2 Å². The molecule has 0 radical (unpaired) electrons. The molecule has 1 aromatic heterocycles. The van der Waals surface area contributed by atoms with E-state index in [2.05, 4.69) is 21.8 Å². The summed E-state index contributed by atoms with van der Waals surface area (Å²) in [6, 6.07) is 2.78. The van der Waals surface area contributed by atoms with Crippen molar-refractivity contribution in [1.29, 1.82) is 0 Å². The molecule has 1 aliphatic heterocycles. The van der Waals surface area contributed by atoms with Crippen LogP contribution in [0.15, 0.2) is 29.4 Å². The average Bonchev–Trinajstić information content (AvgIpc) is 3.03. The number of aliphatic imine (C=N–C) groups is 1. The van der Waals surface area contributed by atoms with E-state index in [9.17, 15) is 9.18 Å². The fraction of sp³-hybridized carbons (Fsp3) is 0.400. The maximum atomic E-state index is 14.1. The number of carbonyl (C=O) groups excluding carboxylic acids is 1. The molecule has 1 amide bonds. The molecule has 0 saturated heterocycles. The highest BCUT2D eigenvalue weighted by molar-refractivity contribution is 5.96. The molecule has 142 valence electrons. The minimum Gasteiger partial charge on any atom is -0.327 e. The lowest BCUT2D eigenvalue weighted by atomic mass is 10.0. The highest BCUT2D eigenvalue weighted by Crippen LogP contribution is 2.27. The molecule has 0 spiro atoms. The Kier molecular flexibility index (Phi) is 4.95. The van der Waals surface area contributed by atoms with Gasteiger partial charge in [0.15, 0.2) is 11.6 Å². The van der Waals surface area contributed by atoms with Gasteiger partial charge < -0.3 is 9.47 Å². The largest absolute Gasteiger partial charge is 0.327 e. The highest BCUT2D eigenvalue weighted by atomic mass is 19.1. The number of benzene rings is 1. The van der Waals surface area contributed by atoms with E-state index in [0.29, 0.717) is 41.6 Å². The summed E-state index contributed by atoms with van der Waals surface area (Å²) in [5.41, 5.74) is 3.12. The first-order valence-electron chi connectivity index (χ1n) is 8.92. The van der Waals surface area contributed by atoms with E-state index in [1.54, 1.807) is 24.8 Å². The first-order chi connectivity index (χ1) is 12.7. The van der Waals surface area contributed by atoms with Gasteiger partial charge in [-0.2, -0.15) is 0 Å². The Labute approximate surface area is 158 Å². The number of allylic oxidation sites excluding steroid dienone is 1. The van der Waals surface area contributed by atoms with Crippen molar-refractivity contribution in [3.63, 3.8) is 0 Å². The minimum absolute atomic E-state index is 0.201. The molecular formula is C20H24FN5O. The molecule has 0 aliphatic carbocycles. The second-order valence-corrected chi connectivity index (χ2v) is 7.04. The number of hydrogen-bond acceptors (Lipinski definition) is 4. The second kappa shape index (κ2) is 7.06. The maximum absolute atomic E-state index is 14.1. The van der Waals surface area contributed by atoms with Crippen molar-refractivity contribution in [2.24, 2.45) is 4.99 Å². The van der Waals surface area contributed by atoms with Crippen LogP contribution in [0, 0.1) is 19.7 Å². The molecule has 27 heavy (non-hydrogen) atoms. The molecule has 7 heteroatoms. The lowest BCUT2D eigenvalue weighted by molar-refractivity contribution is 0.0637. The Morgan fingerprint density at radius 2 is 1.96 bits per heavy atom. The van der Waals surface area contributed by atoms with Crippen LogP contribution >= 0.6 is 0 Å². The predicted molar refractivity (Wildman–Crippen MR) is 102 cm³/mol. The fourth-order valence-corrected chi connectivity index (χ4v) is 3.37. The van der Waals surface area contributed by atoms with E-state index in [1.165, 1.54) is 6.07 Å². The monoisotopic (exact) mass is 369 g/mol. The van der Waals surface area contributed by atoms with E-state index in [4.69, 9.17) is 0 Å². The third kappa shape index (κ3) is 3.41. The molecule has 0 saturated carbocycles. The van der Waals surface area contributed by atoms with E-state index < -0.39 is 0 Å². The molecule has 2 heterocycles. The number of aryl methyl sites for hydroxylation is 1. The maximum Gasteiger partial charge on any atom is 0.254 e. The normalized spacial score (nSPS) is 17.0. The van der Waals surface area contributed by atoms with Crippen LogP contribution in [0.2, 0.25) is 0 Å². The van der Waals surface area contributed by atoms with Crippen LogP contribution in [0.1, 0.15) is 59.9 Å². The van der Waals surface area contributed by atoms with Crippen LogP contribution < -0.4 is 0 Å². The van der Waals surface area contributed by atoms with Gasteiger partial charge in [0, 0.05) is 24.4 Å². The van der Waals surface area contributed by atoms with Crippen molar-refractivity contribution in [1.82, 2.24) is 19.7 Å². The lowest BCUT2D eigenvalue weighted by Gasteiger charge is -2.34. The number of fused-ring (bicyclic) bond motifs is 1. The molecule has 0 bridgehead atoms. The summed E-state index contributed by atoms with van der Waals surface area (Å²) in [4.78, 5) is 19.1. The van der Waals surface area contributed by atoms with Crippen molar-refractivity contribution in [3.8, 4) is 0 Å². The van der Waals surface area contributed by atoms with Crippen LogP contribution in [0.25, 0.3) is 0 Å². The van der Waals surface area contributed by atoms with Crippen LogP contribution in [-0.4, -0.2) is 37.8 Å². The quantitative estimate of drug-likeness (QED) is 0.777. The number of rotatable bonds is 3. The van der Waals surface area contributed by atoms with Gasteiger partial charge in [0.05, 0.1) is 11.8 Å². The SMILES string of the molecule is C=C(C)/N=C(\C)c1nnc2n1CCN(C(=O)c1cc(C)c(C)c(F)c1)[C@@H]2C. The number of carbonyl (C=O) groups is 1. The van der Waals surface area contributed by atoms with Gasteiger partial charge >= 0.3 is 0 Å². The molecule has 0 unspecified atom stereocenters. The van der Waals surface area contributed by atoms with Crippen LogP contribution in [0.5, 0.6) is 0 Å². The van der Waals surface area contributed by atoms with E-state index in [-0.39, 0.29) is 17.8 Å². The average molecular weight is 369 g/mol. The Hall–Kier alpha value is -2.83. The zero-order valence-corrected chi connectivity index (χ0v) is 16.4. The van der Waals surface area contributed by atoms with Crippen LogP contribution in [0.4, 0.5) is 4.39 Å². The predicted octanol–water partition coefficient (Wildman–Crippen LogP) is 3.59. The molecule has 1 aliphatic rings. The molecule has 0 N–H and O–H groups in total. The molecule has 6 nitrogen and oxygen atoms in total. The Morgan fingerprint density at radius 1 is 1.26 bits per heavy atom. The number of aromatic nitrogens is 3. The van der Waals surface area contributed by atoms with Gasteiger partial charge in [-0.3, -0.25) is 9.79 Å². The summed E-state index contributed by atoms with van der Waals surface area (Å²) in [6.45, 7) is 14.0. The summed E-state index contributed by atoms with van der Waals surface area (Å²) >= 11 is 0. The van der Waals surface area contributed by atoms with Crippen LogP contribution in [0.3, 0.4) is 0 Å². The van der Waals surface area contributed by atoms with Crippen molar-refractivity contribution < 1.29 is 9.18 Å². The summed E-state index contributed by atoms with van der Waals surface area (Å²) in [5.74, 6) is 0.821. The zero-order valence-electron chi connectivity index (χ0n) is 16.4. The van der Waals surface area contributed by atoms with Crippen molar-refractivity contribution in [2.45, 2.75) is 47.2 Å². The topological polar surface area (TPSA) is 63.4 Å². The standard InChI is InChI=1S/C20H24FN5O/c1-11(2)22-14(5)18-23-24-19-15(6)25(7-8-26(18)19)20(27)16-9-12(3)13(4)17(21)10-16/h9-10,15H,1,7-8H2,2-6H3/b22-14+/t15-/m1/s1. The zero-order chi connectivity index (χ0) is 19.9. The van der Waals surface area contributed by atoms with Gasteiger partial charge in [0.2, 0.25) is 0 Å². The van der Waals surface area contributed by atoms with Gasteiger partial charge in [0.1, 0.15) is 5.82 Å². The summed E-state index contributed by atoms with van der Waals surface area (Å²) in [5, 5.41) is 8.53. The smallest absolute Gasteiger partial charge is 0.254 e. The van der Waals surface area contributed by atoms with Gasteiger partial charge in [0.25, 0.3) is 5.91 Å². The van der Waals surface area contributed by atoms with E-state index in [1.807, 2.05) is 25.3 Å². The Morgan fingerprint density at radius 3 is 2.59 bits per heavy atom. The van der Waals surface area contributed by atoms with Crippen molar-refractivity contribution in [2.75, 3.05) is 6.54 Å². The third-order valence-corrected chi connectivity index (χ3v) is 4.98. The summed E-state index contributed by atoms with van der Waals surface area (Å²) in [6.07, 6.45) is 0. The first-order valence-corrected chi connectivity index (χ1v) is 8.92. The molecule has 0 fully saturated rings. The van der Waals surface area contributed by atoms with Gasteiger partial charge in [-0.1, -0.05) is 6.58 Å². The lowest BCUT2D eigenvalue weighted by Crippen LogP contribution is -2.41. The first kappa shape index (κ1) is 18.9. The Bertz CT molecular complexity index is 936. The summed E-state index contributed by atoms with van der Waals surface area (Å²) < 4.78 is 16.1. The molecule has 1 aromatic carbocycles. The minimum atomic E-state index is -0.361. The molecule has 3 rings (SSSR count). The third-order valence-electron chi connectivity index (χ3n) is 4.98. The Balaban J connectivity index is 1.92. The van der Waals surface area contributed by atoms with Crippen molar-refractivity contribution >= 4 is 11.6 Å². The number of nitrogens with zero attached hydrogens (tertiary/aromatic N) is 5.